The van der Waals surface area contributed by atoms with E-state index >= 15 is 0 Å². The zero-order valence-electron chi connectivity index (χ0n) is 20.2. The third kappa shape index (κ3) is 4.59. The summed E-state index contributed by atoms with van der Waals surface area (Å²) in [5, 5.41) is 1.35. The third-order valence-corrected chi connectivity index (χ3v) is 4.79. The Morgan fingerprint density at radius 1 is 0.778 bits per heavy atom. The van der Waals surface area contributed by atoms with Crippen molar-refractivity contribution in [3.05, 3.63) is 22.5 Å². The van der Waals surface area contributed by atoms with Gasteiger partial charge in [0.1, 0.15) is 0 Å². The second kappa shape index (κ2) is 6.95. The molecule has 0 unspecified atom stereocenters. The van der Waals surface area contributed by atoms with Crippen LogP contribution in [-0.4, -0.2) is 29.7 Å². The Morgan fingerprint density at radius 2 is 1.19 bits per heavy atom. The van der Waals surface area contributed by atoms with Gasteiger partial charge in [0.05, 0.1) is 12.7 Å². The molecule has 4 nitrogen and oxygen atoms in total. The smallest absolute Gasteiger partial charge is 0.279 e. The molecule has 156 valence electrons. The fraction of sp³-hybridized carbons (Fsp3) is 0.783. The highest BCUT2D eigenvalue weighted by Gasteiger charge is 2.43. The fourth-order valence-corrected chi connectivity index (χ4v) is 3.84. The van der Waals surface area contributed by atoms with Crippen molar-refractivity contribution >= 4 is 5.91 Å². The Bertz CT molecular complexity index is 650. The van der Waals surface area contributed by atoms with Gasteiger partial charge in [-0.15, -0.1) is 0 Å². The first-order valence-corrected chi connectivity index (χ1v) is 9.89. The van der Waals surface area contributed by atoms with E-state index < -0.39 is 0 Å². The van der Waals surface area contributed by atoms with Crippen molar-refractivity contribution in [1.82, 2.24) is 9.63 Å². The van der Waals surface area contributed by atoms with Gasteiger partial charge < -0.3 is 4.57 Å². The van der Waals surface area contributed by atoms with Gasteiger partial charge in [0.15, 0.2) is 0 Å². The number of hydrogen-bond donors (Lipinski definition) is 0. The number of aromatic nitrogens is 1. The van der Waals surface area contributed by atoms with Crippen molar-refractivity contribution in [2.45, 2.75) is 105 Å². The maximum Gasteiger partial charge on any atom is 0.279 e. The van der Waals surface area contributed by atoms with Crippen LogP contribution in [0.15, 0.2) is 0 Å². The van der Waals surface area contributed by atoms with Crippen LogP contribution < -0.4 is 0 Å². The average Bonchev–Trinajstić information content (AvgIpc) is 2.81. The molecule has 0 aliphatic heterocycles. The number of rotatable bonds is 2. The molecule has 0 spiro atoms. The lowest BCUT2D eigenvalue weighted by molar-refractivity contribution is -0.0759. The van der Waals surface area contributed by atoms with Crippen molar-refractivity contribution in [3.63, 3.8) is 0 Å². The highest BCUT2D eigenvalue weighted by Crippen LogP contribution is 2.46. The van der Waals surface area contributed by atoms with Crippen LogP contribution in [0.3, 0.4) is 0 Å². The van der Waals surface area contributed by atoms with Crippen LogP contribution >= 0.6 is 0 Å². The molecule has 1 aromatic heterocycles. The summed E-state index contributed by atoms with van der Waals surface area (Å²) in [5.41, 5.74) is 3.59. The maximum atomic E-state index is 13.5. The minimum atomic E-state index is -0.198. The number of nitrogens with zero attached hydrogens (tertiary/aromatic N) is 2. The Morgan fingerprint density at radius 3 is 1.44 bits per heavy atom. The summed E-state index contributed by atoms with van der Waals surface area (Å²) in [7, 11) is 3.23. The molecule has 0 aliphatic carbocycles. The summed E-state index contributed by atoms with van der Waals surface area (Å²) in [6.07, 6.45) is 0. The van der Waals surface area contributed by atoms with Crippen LogP contribution in [0.5, 0.6) is 0 Å². The molecule has 0 N–H and O–H groups in total. The quantitative estimate of drug-likeness (QED) is 0.612. The SMILES string of the molecule is CON(C)C(=O)c1c(C(C)(C)C)c(C(C)(C)C)n(C(C)(C)C)c1C(C)(C)C. The van der Waals surface area contributed by atoms with Gasteiger partial charge in [-0.25, -0.2) is 5.06 Å². The molecule has 0 saturated carbocycles. The van der Waals surface area contributed by atoms with E-state index in [4.69, 9.17) is 4.84 Å². The molecule has 0 saturated heterocycles. The lowest BCUT2D eigenvalue weighted by atomic mass is 9.76. The molecule has 0 radical (unpaired) electrons. The number of hydroxylamine groups is 2. The van der Waals surface area contributed by atoms with Crippen molar-refractivity contribution in [2.24, 2.45) is 0 Å². The molecule has 1 heterocycles. The third-order valence-electron chi connectivity index (χ3n) is 4.79. The molecule has 27 heavy (non-hydrogen) atoms. The predicted octanol–water partition coefficient (Wildman–Crippen LogP) is 5.77. The standard InChI is InChI=1S/C23H42N2O2/c1-20(2,3)16-15(19(26)24(13)27-14)17(21(4,5)6)25(23(10,11)12)18(16)22(7,8)9/h1-14H3. The molecule has 0 aliphatic rings. The number of hydrogen-bond acceptors (Lipinski definition) is 2. The van der Waals surface area contributed by atoms with E-state index in [-0.39, 0.29) is 27.7 Å². The van der Waals surface area contributed by atoms with Gasteiger partial charge in [-0.2, -0.15) is 0 Å². The summed E-state index contributed by atoms with van der Waals surface area (Å²) < 4.78 is 2.42. The van der Waals surface area contributed by atoms with E-state index in [9.17, 15) is 4.79 Å². The lowest BCUT2D eigenvalue weighted by Gasteiger charge is -2.37. The topological polar surface area (TPSA) is 34.5 Å². The minimum absolute atomic E-state index is 0.0825. The van der Waals surface area contributed by atoms with Crippen LogP contribution in [0.4, 0.5) is 0 Å². The molecule has 1 amide bonds. The molecule has 0 bridgehead atoms. The van der Waals surface area contributed by atoms with Gasteiger partial charge >= 0.3 is 0 Å². The summed E-state index contributed by atoms with van der Waals surface area (Å²) in [5.74, 6) is -0.0825. The van der Waals surface area contributed by atoms with Gasteiger partial charge in [-0.1, -0.05) is 62.3 Å². The molecular formula is C23H42N2O2. The van der Waals surface area contributed by atoms with Gasteiger partial charge in [-0.05, 0) is 31.7 Å². The van der Waals surface area contributed by atoms with E-state index in [1.807, 2.05) is 0 Å². The highest BCUT2D eigenvalue weighted by molar-refractivity contribution is 5.97. The van der Waals surface area contributed by atoms with Crippen molar-refractivity contribution in [3.8, 4) is 0 Å². The lowest BCUT2D eigenvalue weighted by Crippen LogP contribution is -2.35. The number of carbonyl (C=O) groups excluding carboxylic acids is 1. The zero-order chi connectivity index (χ0) is 21.7. The average molecular weight is 379 g/mol. The first kappa shape index (κ1) is 23.7. The fourth-order valence-electron chi connectivity index (χ4n) is 3.84. The van der Waals surface area contributed by atoms with Gasteiger partial charge in [0, 0.05) is 34.8 Å². The van der Waals surface area contributed by atoms with Gasteiger partial charge in [0.25, 0.3) is 5.91 Å². The van der Waals surface area contributed by atoms with Crippen LogP contribution in [0.1, 0.15) is 110 Å². The monoisotopic (exact) mass is 378 g/mol. The Hall–Kier alpha value is -1.29. The predicted molar refractivity (Wildman–Crippen MR) is 115 cm³/mol. The summed E-state index contributed by atoms with van der Waals surface area (Å²) in [4.78, 5) is 18.8. The first-order chi connectivity index (χ1) is 11.8. The van der Waals surface area contributed by atoms with Crippen LogP contribution in [-0.2, 0) is 26.6 Å². The van der Waals surface area contributed by atoms with E-state index in [0.29, 0.717) is 0 Å². The summed E-state index contributed by atoms with van der Waals surface area (Å²) in [6.45, 7) is 26.5. The second-order valence-electron chi connectivity index (χ2n) is 11.7. The van der Waals surface area contributed by atoms with E-state index in [0.717, 1.165) is 16.8 Å². The van der Waals surface area contributed by atoms with Crippen LogP contribution in [0.25, 0.3) is 0 Å². The van der Waals surface area contributed by atoms with Crippen molar-refractivity contribution < 1.29 is 9.63 Å². The van der Waals surface area contributed by atoms with Gasteiger partial charge in [-0.3, -0.25) is 9.63 Å². The van der Waals surface area contributed by atoms with Crippen LogP contribution in [0, 0.1) is 0 Å². The molecule has 1 rings (SSSR count). The normalized spacial score (nSPS) is 13.9. The molecular weight excluding hydrogens is 336 g/mol. The highest BCUT2D eigenvalue weighted by atomic mass is 16.7. The second-order valence-corrected chi connectivity index (χ2v) is 11.7. The van der Waals surface area contributed by atoms with Crippen molar-refractivity contribution in [2.75, 3.05) is 14.2 Å². The largest absolute Gasteiger partial charge is 0.341 e. The van der Waals surface area contributed by atoms with E-state index in [1.54, 1.807) is 7.05 Å². The Labute approximate surface area is 167 Å². The Balaban J connectivity index is 4.36. The first-order valence-electron chi connectivity index (χ1n) is 9.89. The van der Waals surface area contributed by atoms with E-state index in [2.05, 4.69) is 87.7 Å². The van der Waals surface area contributed by atoms with Gasteiger partial charge in [0.2, 0.25) is 0 Å². The summed E-state index contributed by atoms with van der Waals surface area (Å²) >= 11 is 0. The molecule has 0 fully saturated rings. The van der Waals surface area contributed by atoms with Crippen LogP contribution in [0.2, 0.25) is 0 Å². The maximum absolute atomic E-state index is 13.5. The minimum Gasteiger partial charge on any atom is -0.341 e. The molecule has 0 aromatic carbocycles. The van der Waals surface area contributed by atoms with Crippen molar-refractivity contribution in [1.29, 1.82) is 0 Å². The number of amides is 1. The summed E-state index contributed by atoms with van der Waals surface area (Å²) in [6, 6.07) is 0. The Kier molecular flexibility index (Phi) is 6.11. The zero-order valence-corrected chi connectivity index (χ0v) is 20.2. The molecule has 4 heteroatoms. The van der Waals surface area contributed by atoms with E-state index in [1.165, 1.54) is 17.9 Å². The number of carbonyl (C=O) groups is 1. The molecule has 1 aromatic rings. The molecule has 0 atom stereocenters.